The van der Waals surface area contributed by atoms with Crippen molar-refractivity contribution in [3.63, 3.8) is 0 Å². The number of carboxylic acids is 1. The third-order valence-corrected chi connectivity index (χ3v) is 4.23. The van der Waals surface area contributed by atoms with Gasteiger partial charge in [0.1, 0.15) is 6.61 Å². The number of benzene rings is 1. The van der Waals surface area contributed by atoms with Gasteiger partial charge in [-0.25, -0.2) is 4.79 Å². The van der Waals surface area contributed by atoms with E-state index in [0.717, 1.165) is 19.4 Å². The zero-order valence-electron chi connectivity index (χ0n) is 12.1. The van der Waals surface area contributed by atoms with Crippen LogP contribution in [0.1, 0.15) is 36.5 Å². The first-order chi connectivity index (χ1) is 10.4. The average molecular weight is 346 g/mol. The van der Waals surface area contributed by atoms with Crippen LogP contribution in [0.25, 0.3) is 0 Å². The second-order valence-corrected chi connectivity index (χ2v) is 5.94. The summed E-state index contributed by atoms with van der Waals surface area (Å²) >= 11 is 12.1. The molecule has 22 heavy (non-hydrogen) atoms. The quantitative estimate of drug-likeness (QED) is 0.887. The molecule has 1 heterocycles. The number of amides is 1. The number of rotatable bonds is 5. The first kappa shape index (κ1) is 16.9. The van der Waals surface area contributed by atoms with Crippen molar-refractivity contribution in [3.8, 4) is 5.75 Å². The van der Waals surface area contributed by atoms with E-state index < -0.39 is 5.97 Å². The molecular formula is C15H17Cl2NO4. The molecule has 1 aliphatic heterocycles. The number of halogens is 2. The molecule has 1 fully saturated rings. The first-order valence-electron chi connectivity index (χ1n) is 7.08. The number of hydrogen-bond donors (Lipinski definition) is 1. The van der Waals surface area contributed by atoms with Gasteiger partial charge in [0, 0.05) is 13.0 Å². The molecule has 1 amide bonds. The van der Waals surface area contributed by atoms with Gasteiger partial charge in [0.05, 0.1) is 21.7 Å². The zero-order chi connectivity index (χ0) is 16.3. The van der Waals surface area contributed by atoms with Crippen LogP contribution < -0.4 is 4.74 Å². The molecule has 1 N–H and O–H groups in total. The van der Waals surface area contributed by atoms with E-state index in [1.165, 1.54) is 12.1 Å². The normalized spacial score (nSPS) is 17.6. The summed E-state index contributed by atoms with van der Waals surface area (Å²) in [4.78, 5) is 24.6. The average Bonchev–Trinajstić information content (AvgIpc) is 2.93. The number of ether oxygens (including phenoxy) is 1. The Hall–Kier alpha value is -1.46. The van der Waals surface area contributed by atoms with Gasteiger partial charge < -0.3 is 14.7 Å². The monoisotopic (exact) mass is 345 g/mol. The van der Waals surface area contributed by atoms with Crippen LogP contribution in [0.2, 0.25) is 10.0 Å². The Bertz CT molecular complexity index is 568. The Morgan fingerprint density at radius 2 is 2.00 bits per heavy atom. The molecule has 1 saturated heterocycles. The Balaban J connectivity index is 2.08. The number of carbonyl (C=O) groups excluding carboxylic acids is 1. The highest BCUT2D eigenvalue weighted by atomic mass is 35.5. The minimum Gasteiger partial charge on any atom is -0.488 e. The van der Waals surface area contributed by atoms with Crippen molar-refractivity contribution in [2.75, 3.05) is 13.2 Å². The third-order valence-electron chi connectivity index (χ3n) is 3.67. The summed E-state index contributed by atoms with van der Waals surface area (Å²) in [5.74, 6) is -0.750. The molecule has 0 saturated carbocycles. The van der Waals surface area contributed by atoms with Gasteiger partial charge in [-0.1, -0.05) is 30.1 Å². The minimum atomic E-state index is -1.11. The first-order valence-corrected chi connectivity index (χ1v) is 7.84. The highest BCUT2D eigenvalue weighted by Crippen LogP contribution is 2.35. The van der Waals surface area contributed by atoms with Crippen LogP contribution in [-0.4, -0.2) is 41.1 Å². The lowest BCUT2D eigenvalue weighted by Crippen LogP contribution is -2.38. The smallest absolute Gasteiger partial charge is 0.335 e. The number of hydrogen-bond acceptors (Lipinski definition) is 3. The second-order valence-electron chi connectivity index (χ2n) is 5.12. The highest BCUT2D eigenvalue weighted by molar-refractivity contribution is 6.37. The number of likely N-dealkylation sites (tertiary alicyclic amines) is 1. The van der Waals surface area contributed by atoms with Crippen LogP contribution in [-0.2, 0) is 4.79 Å². The fraction of sp³-hybridized carbons (Fsp3) is 0.467. The summed E-state index contributed by atoms with van der Waals surface area (Å²) in [5.41, 5.74) is 0.00556. The van der Waals surface area contributed by atoms with E-state index in [1.54, 1.807) is 0 Å². The highest BCUT2D eigenvalue weighted by Gasteiger charge is 2.28. The van der Waals surface area contributed by atoms with Gasteiger partial charge in [-0.15, -0.1) is 0 Å². The van der Waals surface area contributed by atoms with E-state index in [4.69, 9.17) is 33.0 Å². The van der Waals surface area contributed by atoms with Crippen molar-refractivity contribution in [1.29, 1.82) is 0 Å². The molecular weight excluding hydrogens is 329 g/mol. The largest absolute Gasteiger partial charge is 0.488 e. The number of nitrogens with zero attached hydrogens (tertiary/aromatic N) is 1. The molecule has 1 atom stereocenters. The zero-order valence-corrected chi connectivity index (χ0v) is 13.7. The van der Waals surface area contributed by atoms with E-state index >= 15 is 0 Å². The van der Waals surface area contributed by atoms with Crippen molar-refractivity contribution < 1.29 is 19.4 Å². The lowest BCUT2D eigenvalue weighted by molar-refractivity contribution is -0.132. The van der Waals surface area contributed by atoms with Crippen molar-refractivity contribution in [2.45, 2.75) is 32.2 Å². The van der Waals surface area contributed by atoms with Crippen LogP contribution in [0.4, 0.5) is 0 Å². The fourth-order valence-corrected chi connectivity index (χ4v) is 3.14. The van der Waals surface area contributed by atoms with Gasteiger partial charge in [-0.05, 0) is 25.0 Å². The van der Waals surface area contributed by atoms with Gasteiger partial charge in [-0.3, -0.25) is 4.79 Å². The summed E-state index contributed by atoms with van der Waals surface area (Å²) in [7, 11) is 0. The maximum atomic E-state index is 11.8. The summed E-state index contributed by atoms with van der Waals surface area (Å²) in [6.07, 6.45) is 2.28. The molecule has 1 aliphatic rings. The summed E-state index contributed by atoms with van der Waals surface area (Å²) in [6.45, 7) is 2.86. The summed E-state index contributed by atoms with van der Waals surface area (Å²) in [5, 5.41) is 9.25. The summed E-state index contributed by atoms with van der Waals surface area (Å²) in [6, 6.07) is 2.60. The molecule has 1 aromatic carbocycles. The molecule has 1 aromatic rings. The van der Waals surface area contributed by atoms with Crippen molar-refractivity contribution >= 4 is 35.1 Å². The van der Waals surface area contributed by atoms with Crippen LogP contribution in [0.15, 0.2) is 12.1 Å². The number of carboxylic acid groups (broad SMARTS) is 1. The lowest BCUT2D eigenvalue weighted by atomic mass is 10.2. The molecule has 0 radical (unpaired) electrons. The fourth-order valence-electron chi connectivity index (χ4n) is 2.54. The molecule has 0 bridgehead atoms. The topological polar surface area (TPSA) is 66.8 Å². The number of aromatic carboxylic acids is 1. The second kappa shape index (κ2) is 7.20. The molecule has 2 rings (SSSR count). The van der Waals surface area contributed by atoms with Crippen molar-refractivity contribution in [3.05, 3.63) is 27.7 Å². The molecule has 0 aliphatic carbocycles. The van der Waals surface area contributed by atoms with E-state index in [1.807, 2.05) is 11.8 Å². The molecule has 5 nitrogen and oxygen atoms in total. The summed E-state index contributed by atoms with van der Waals surface area (Å²) < 4.78 is 5.66. The Morgan fingerprint density at radius 1 is 1.36 bits per heavy atom. The molecule has 0 unspecified atom stereocenters. The van der Waals surface area contributed by atoms with Gasteiger partial charge in [-0.2, -0.15) is 0 Å². The van der Waals surface area contributed by atoms with Gasteiger partial charge in [0.15, 0.2) is 5.75 Å². The van der Waals surface area contributed by atoms with Crippen LogP contribution in [0, 0.1) is 0 Å². The minimum absolute atomic E-state index is 0.00117. The molecule has 7 heteroatoms. The Kier molecular flexibility index (Phi) is 5.53. The van der Waals surface area contributed by atoms with Crippen molar-refractivity contribution in [2.24, 2.45) is 0 Å². The lowest BCUT2D eigenvalue weighted by Gasteiger charge is -2.24. The van der Waals surface area contributed by atoms with Crippen LogP contribution >= 0.6 is 23.2 Å². The maximum absolute atomic E-state index is 11.8. The van der Waals surface area contributed by atoms with Gasteiger partial charge in [0.2, 0.25) is 5.91 Å². The standard InChI is InChI=1S/C15H17Cl2NO4/c1-2-13(19)18-5-3-4-10(18)8-22-14-11(16)6-9(15(20)21)7-12(14)17/h6-7,10H,2-5,8H2,1H3,(H,20,21)/t10-/m0/s1. The van der Waals surface area contributed by atoms with E-state index in [9.17, 15) is 9.59 Å². The maximum Gasteiger partial charge on any atom is 0.335 e. The van der Waals surface area contributed by atoms with Crippen LogP contribution in [0.3, 0.4) is 0 Å². The third kappa shape index (κ3) is 3.65. The molecule has 0 aromatic heterocycles. The van der Waals surface area contributed by atoms with E-state index in [-0.39, 0.29) is 39.9 Å². The van der Waals surface area contributed by atoms with E-state index in [2.05, 4.69) is 0 Å². The predicted molar refractivity (Wildman–Crippen MR) is 83.9 cm³/mol. The van der Waals surface area contributed by atoms with Crippen molar-refractivity contribution in [1.82, 2.24) is 4.90 Å². The van der Waals surface area contributed by atoms with Gasteiger partial charge >= 0.3 is 5.97 Å². The van der Waals surface area contributed by atoms with Crippen LogP contribution in [0.5, 0.6) is 5.75 Å². The Labute approximate surface area is 138 Å². The number of carbonyl (C=O) groups is 2. The predicted octanol–water partition coefficient (Wildman–Crippen LogP) is 3.47. The SMILES string of the molecule is CCC(=O)N1CCC[C@H]1COc1c(Cl)cc(C(=O)O)cc1Cl. The molecule has 0 spiro atoms. The Morgan fingerprint density at radius 3 is 2.55 bits per heavy atom. The van der Waals surface area contributed by atoms with Gasteiger partial charge in [0.25, 0.3) is 0 Å². The van der Waals surface area contributed by atoms with E-state index in [0.29, 0.717) is 6.42 Å². The molecule has 120 valence electrons.